The van der Waals surface area contributed by atoms with Crippen LogP contribution in [-0.4, -0.2) is 54.8 Å². The highest BCUT2D eigenvalue weighted by molar-refractivity contribution is 7.86. The lowest BCUT2D eigenvalue weighted by Crippen LogP contribution is -2.41. The number of allylic oxidation sites excluding steroid dienone is 1. The Hall–Kier alpha value is -1.68. The molecule has 0 aliphatic carbocycles. The Balaban J connectivity index is 2.21. The fraction of sp³-hybridized carbons (Fsp3) is 0.710. The number of benzene rings is 1. The Morgan fingerprint density at radius 2 is 1.80 bits per heavy atom. The zero-order valence-electron chi connectivity index (χ0n) is 26.1. The van der Waals surface area contributed by atoms with Gasteiger partial charge in [0.2, 0.25) is 0 Å². The van der Waals surface area contributed by atoms with E-state index in [2.05, 4.69) is 82.1 Å². The van der Waals surface area contributed by atoms with E-state index in [-0.39, 0.29) is 23.2 Å². The van der Waals surface area contributed by atoms with Gasteiger partial charge in [-0.25, -0.2) is 0 Å². The summed E-state index contributed by atoms with van der Waals surface area (Å²) in [6, 6.07) is 8.56. The third kappa shape index (κ3) is 11.0. The first-order valence-corrected chi connectivity index (χ1v) is 19.6. The molecule has 0 N–H and O–H groups in total. The molecular formula is C31H53NO6SSi. The van der Waals surface area contributed by atoms with Crippen molar-refractivity contribution in [2.24, 2.45) is 0 Å². The maximum absolute atomic E-state index is 12.0. The summed E-state index contributed by atoms with van der Waals surface area (Å²) < 4.78 is 41.1. The largest absolute Gasteiger partial charge is 0.469 e. The molecule has 0 amide bonds. The number of carbonyl (C=O) groups excluding carboxylic acids is 1. The minimum Gasteiger partial charge on any atom is -0.469 e. The molecule has 40 heavy (non-hydrogen) atoms. The zero-order chi connectivity index (χ0) is 30.0. The van der Waals surface area contributed by atoms with Crippen LogP contribution in [-0.2, 0) is 28.3 Å². The van der Waals surface area contributed by atoms with E-state index in [9.17, 15) is 13.2 Å². The van der Waals surface area contributed by atoms with Gasteiger partial charge in [0.05, 0.1) is 31.6 Å². The summed E-state index contributed by atoms with van der Waals surface area (Å²) in [5.74, 6) is -0.206. The maximum atomic E-state index is 12.0. The molecule has 1 unspecified atom stereocenters. The Morgan fingerprint density at radius 1 is 1.12 bits per heavy atom. The van der Waals surface area contributed by atoms with Crippen molar-refractivity contribution in [2.75, 3.05) is 24.8 Å². The number of hydrogen-bond donors (Lipinski definition) is 0. The number of ether oxygens (including phenoxy) is 1. The molecule has 1 saturated heterocycles. The topological polar surface area (TPSA) is 82.1 Å². The highest BCUT2D eigenvalue weighted by Gasteiger charge is 2.40. The number of unbranched alkanes of at least 4 members (excludes halogenated alkanes) is 3. The molecule has 3 atom stereocenters. The fourth-order valence-corrected chi connectivity index (χ4v) is 6.86. The van der Waals surface area contributed by atoms with Crippen LogP contribution in [0.15, 0.2) is 36.4 Å². The first-order valence-electron chi connectivity index (χ1n) is 14.8. The monoisotopic (exact) mass is 595 g/mol. The van der Waals surface area contributed by atoms with Gasteiger partial charge in [-0.1, -0.05) is 71.2 Å². The Morgan fingerprint density at radius 3 is 2.38 bits per heavy atom. The third-order valence-electron chi connectivity index (χ3n) is 8.22. The smallest absolute Gasteiger partial charge is 0.305 e. The summed E-state index contributed by atoms with van der Waals surface area (Å²) in [6.07, 6.45) is 12.6. The molecule has 0 saturated carbocycles. The molecule has 1 heterocycles. The Labute approximate surface area is 244 Å². The average molecular weight is 596 g/mol. The molecule has 2 rings (SSSR count). The number of esters is 1. The molecule has 1 aliphatic heterocycles. The molecule has 9 heteroatoms. The van der Waals surface area contributed by atoms with Crippen molar-refractivity contribution >= 4 is 30.1 Å². The number of carbonyl (C=O) groups is 1. The van der Waals surface area contributed by atoms with Crippen LogP contribution in [0, 0.1) is 0 Å². The average Bonchev–Trinajstić information content (AvgIpc) is 3.25. The normalized spacial score (nSPS) is 19.4. The summed E-state index contributed by atoms with van der Waals surface area (Å²) in [4.78, 5) is 13.6. The summed E-state index contributed by atoms with van der Waals surface area (Å²) in [7, 11) is -4.12. The van der Waals surface area contributed by atoms with Gasteiger partial charge in [-0.2, -0.15) is 8.42 Å². The second kappa shape index (κ2) is 15.5. The maximum Gasteiger partial charge on any atom is 0.305 e. The molecule has 1 aromatic rings. The lowest BCUT2D eigenvalue weighted by Gasteiger charge is -2.39. The minimum absolute atomic E-state index is 0.0742. The van der Waals surface area contributed by atoms with Crippen LogP contribution in [0.3, 0.4) is 0 Å². The summed E-state index contributed by atoms with van der Waals surface area (Å²) in [5.41, 5.74) is 2.27. The van der Waals surface area contributed by atoms with Gasteiger partial charge in [-0.05, 0) is 67.9 Å². The van der Waals surface area contributed by atoms with Crippen molar-refractivity contribution in [1.29, 1.82) is 0 Å². The van der Waals surface area contributed by atoms with Gasteiger partial charge in [0.25, 0.3) is 10.1 Å². The summed E-state index contributed by atoms with van der Waals surface area (Å²) >= 11 is 0. The van der Waals surface area contributed by atoms with Crippen molar-refractivity contribution in [2.45, 2.75) is 122 Å². The number of nitrogens with zero attached hydrogens (tertiary/aromatic N) is 1. The Bertz CT molecular complexity index is 1050. The van der Waals surface area contributed by atoms with E-state index in [1.807, 2.05) is 0 Å². The van der Waals surface area contributed by atoms with Crippen molar-refractivity contribution in [1.82, 2.24) is 0 Å². The van der Waals surface area contributed by atoms with Crippen LogP contribution in [0.1, 0.15) is 97.1 Å². The number of anilines is 1. The molecule has 1 aromatic carbocycles. The second-order valence-electron chi connectivity index (χ2n) is 12.5. The van der Waals surface area contributed by atoms with E-state index in [4.69, 9.17) is 13.3 Å². The van der Waals surface area contributed by atoms with Gasteiger partial charge in [-0.15, -0.1) is 0 Å². The standard InChI is InChI=1S/C31H53NO6SSi/c1-9-10-13-17-28(38-40(7,8)31(2,3)4)25-19-21-26(22-20-25)32-24-23-29(37-39(6,34)35)27(32)16-14-11-12-15-18-30(33)36-5/h11,14,19-22,27-29H,9-10,12-13,15-18,23-24H2,1-8H3/t27-,28?,29-/m0/s1. The van der Waals surface area contributed by atoms with Gasteiger partial charge in [0, 0.05) is 18.7 Å². The van der Waals surface area contributed by atoms with E-state index in [0.717, 1.165) is 44.2 Å². The van der Waals surface area contributed by atoms with Crippen LogP contribution in [0.4, 0.5) is 5.69 Å². The molecular weight excluding hydrogens is 542 g/mol. The predicted octanol–water partition coefficient (Wildman–Crippen LogP) is 7.54. The van der Waals surface area contributed by atoms with Gasteiger partial charge in [-0.3, -0.25) is 8.98 Å². The first-order chi connectivity index (χ1) is 18.7. The van der Waals surface area contributed by atoms with Crippen LogP contribution in [0.25, 0.3) is 0 Å². The Kier molecular flexibility index (Phi) is 13.4. The van der Waals surface area contributed by atoms with E-state index >= 15 is 0 Å². The van der Waals surface area contributed by atoms with E-state index in [1.165, 1.54) is 25.5 Å². The molecule has 0 spiro atoms. The third-order valence-corrected chi connectivity index (χ3v) is 13.3. The van der Waals surface area contributed by atoms with Crippen LogP contribution in [0.5, 0.6) is 0 Å². The lowest BCUT2D eigenvalue weighted by atomic mass is 10.0. The van der Waals surface area contributed by atoms with Gasteiger partial charge >= 0.3 is 5.97 Å². The molecule has 1 aliphatic rings. The molecule has 1 fully saturated rings. The summed E-state index contributed by atoms with van der Waals surface area (Å²) in [6.45, 7) is 14.4. The van der Waals surface area contributed by atoms with Crippen LogP contribution < -0.4 is 4.90 Å². The van der Waals surface area contributed by atoms with E-state index < -0.39 is 24.5 Å². The highest BCUT2D eigenvalue weighted by atomic mass is 32.2. The van der Waals surface area contributed by atoms with Crippen LogP contribution in [0.2, 0.25) is 18.1 Å². The van der Waals surface area contributed by atoms with Crippen molar-refractivity contribution in [3.05, 3.63) is 42.0 Å². The SMILES string of the molecule is CCCCCC(O[Si](C)(C)C(C)(C)C)c1ccc(N2CC[C@H](OS(C)(=O)=O)[C@@H]2CC=CCCCC(=O)OC)cc1. The highest BCUT2D eigenvalue weighted by Crippen LogP contribution is 2.41. The lowest BCUT2D eigenvalue weighted by molar-refractivity contribution is -0.140. The van der Waals surface area contributed by atoms with Crippen molar-refractivity contribution in [3.63, 3.8) is 0 Å². The van der Waals surface area contributed by atoms with Crippen molar-refractivity contribution in [3.8, 4) is 0 Å². The van der Waals surface area contributed by atoms with E-state index in [1.54, 1.807) is 0 Å². The first kappa shape index (κ1) is 34.5. The van der Waals surface area contributed by atoms with Gasteiger partial charge in [0.1, 0.15) is 0 Å². The molecule has 7 nitrogen and oxygen atoms in total. The number of rotatable bonds is 16. The molecule has 0 aromatic heterocycles. The van der Waals surface area contributed by atoms with E-state index in [0.29, 0.717) is 19.3 Å². The molecule has 0 radical (unpaired) electrons. The quantitative estimate of drug-likeness (QED) is 0.0642. The summed E-state index contributed by atoms with van der Waals surface area (Å²) in [5, 5.41) is 0.139. The zero-order valence-corrected chi connectivity index (χ0v) is 27.9. The second-order valence-corrected chi connectivity index (χ2v) is 18.9. The van der Waals surface area contributed by atoms with Gasteiger partial charge < -0.3 is 14.1 Å². The minimum atomic E-state index is -3.57. The predicted molar refractivity (Wildman–Crippen MR) is 167 cm³/mol. The van der Waals surface area contributed by atoms with Crippen LogP contribution >= 0.6 is 0 Å². The van der Waals surface area contributed by atoms with Crippen molar-refractivity contribution < 1.29 is 26.6 Å². The number of hydrogen-bond acceptors (Lipinski definition) is 7. The number of methoxy groups -OCH3 is 1. The van der Waals surface area contributed by atoms with Gasteiger partial charge in [0.15, 0.2) is 8.32 Å². The molecule has 0 bridgehead atoms. The molecule has 228 valence electrons. The fourth-order valence-electron chi connectivity index (χ4n) is 4.87.